The van der Waals surface area contributed by atoms with E-state index in [1.807, 2.05) is 0 Å². The number of hydrogen-bond donors (Lipinski definition) is 0. The van der Waals surface area contributed by atoms with Gasteiger partial charge in [0, 0.05) is 0 Å². The summed E-state index contributed by atoms with van der Waals surface area (Å²) < 4.78 is 0. The fourth-order valence-corrected chi connectivity index (χ4v) is 5.18. The van der Waals surface area contributed by atoms with Crippen LogP contribution in [0.5, 0.6) is 0 Å². The highest BCUT2D eigenvalue weighted by Crippen LogP contribution is 2.47. The molecule has 0 nitrogen and oxygen atoms in total. The molecule has 1 aromatic carbocycles. The molecule has 0 aliphatic heterocycles. The van der Waals surface area contributed by atoms with E-state index < -0.39 is 0 Å². The van der Waals surface area contributed by atoms with Crippen molar-refractivity contribution in [3.8, 4) is 0 Å². The topological polar surface area (TPSA) is 0 Å². The van der Waals surface area contributed by atoms with Crippen molar-refractivity contribution >= 4 is 0 Å². The van der Waals surface area contributed by atoms with Gasteiger partial charge in [-0.15, -0.1) is 0 Å². The molecule has 0 heterocycles. The van der Waals surface area contributed by atoms with Gasteiger partial charge in [0.1, 0.15) is 0 Å². The van der Waals surface area contributed by atoms with Gasteiger partial charge in [-0.05, 0) is 94.3 Å². The van der Waals surface area contributed by atoms with Crippen molar-refractivity contribution in [1.29, 1.82) is 0 Å². The first-order valence-corrected chi connectivity index (χ1v) is 11.1. The molecule has 2 aliphatic carbocycles. The Morgan fingerprint density at radius 1 is 1.04 bits per heavy atom. The molecule has 0 saturated heterocycles. The predicted molar refractivity (Wildman–Crippen MR) is 119 cm³/mol. The maximum absolute atomic E-state index is 4.66. The number of benzene rings is 1. The molecule has 0 N–H and O–H groups in total. The van der Waals surface area contributed by atoms with Crippen LogP contribution in [0, 0.1) is 19.3 Å². The van der Waals surface area contributed by atoms with E-state index in [0.29, 0.717) is 5.41 Å². The van der Waals surface area contributed by atoms with E-state index in [-0.39, 0.29) is 0 Å². The maximum atomic E-state index is 4.66. The number of hydrogen-bond acceptors (Lipinski definition) is 0. The summed E-state index contributed by atoms with van der Waals surface area (Å²) in [5.74, 6) is 0. The Labute approximate surface area is 167 Å². The zero-order valence-corrected chi connectivity index (χ0v) is 17.9. The van der Waals surface area contributed by atoms with Crippen LogP contribution in [0.25, 0.3) is 0 Å². The Morgan fingerprint density at radius 2 is 1.81 bits per heavy atom. The van der Waals surface area contributed by atoms with Crippen LogP contribution in [-0.2, 0) is 6.42 Å². The van der Waals surface area contributed by atoms with Crippen LogP contribution in [0.3, 0.4) is 0 Å². The van der Waals surface area contributed by atoms with Crippen LogP contribution in [0.1, 0.15) is 87.8 Å². The summed E-state index contributed by atoms with van der Waals surface area (Å²) in [7, 11) is 0. The molecule has 0 atom stereocenters. The predicted octanol–water partition coefficient (Wildman–Crippen LogP) is 8.19. The number of allylic oxidation sites excluding steroid dienone is 5. The van der Waals surface area contributed by atoms with Crippen molar-refractivity contribution in [2.45, 2.75) is 91.4 Å². The summed E-state index contributed by atoms with van der Waals surface area (Å²) in [4.78, 5) is 0. The lowest BCUT2D eigenvalue weighted by molar-refractivity contribution is 0.216. The summed E-state index contributed by atoms with van der Waals surface area (Å²) in [6.45, 7) is 11.4. The van der Waals surface area contributed by atoms with Gasteiger partial charge in [-0.25, -0.2) is 0 Å². The molecule has 0 amide bonds. The first kappa shape index (κ1) is 20.2. The molecule has 0 unspecified atom stereocenters. The molecule has 3 rings (SSSR count). The van der Waals surface area contributed by atoms with Crippen LogP contribution in [0.15, 0.2) is 53.6 Å². The largest absolute Gasteiger partial charge is 0.0993 e. The highest BCUT2D eigenvalue weighted by atomic mass is 14.4. The smallest absolute Gasteiger partial charge is 0.00875 e. The van der Waals surface area contributed by atoms with E-state index in [0.717, 1.165) is 0 Å². The number of rotatable bonds is 7. The second-order valence-electron chi connectivity index (χ2n) is 9.12. The molecule has 0 radical (unpaired) electrons. The fourth-order valence-electron chi connectivity index (χ4n) is 5.18. The van der Waals surface area contributed by atoms with E-state index in [1.165, 1.54) is 92.9 Å². The van der Waals surface area contributed by atoms with Crippen molar-refractivity contribution in [1.82, 2.24) is 0 Å². The number of aryl methyl sites for hydroxylation is 3. The Balaban J connectivity index is 1.68. The molecule has 0 aromatic heterocycles. The van der Waals surface area contributed by atoms with Gasteiger partial charge >= 0.3 is 0 Å². The van der Waals surface area contributed by atoms with Crippen molar-refractivity contribution in [2.75, 3.05) is 0 Å². The van der Waals surface area contributed by atoms with Gasteiger partial charge in [0.2, 0.25) is 0 Å². The minimum atomic E-state index is 0.377. The second-order valence-corrected chi connectivity index (χ2v) is 9.12. The first-order chi connectivity index (χ1) is 13.0. The van der Waals surface area contributed by atoms with E-state index >= 15 is 0 Å². The van der Waals surface area contributed by atoms with Crippen LogP contribution in [0.2, 0.25) is 0 Å². The average Bonchev–Trinajstić information content (AvgIpc) is 2.67. The van der Waals surface area contributed by atoms with E-state index in [4.69, 9.17) is 0 Å². The Bertz CT molecular complexity index is 722. The van der Waals surface area contributed by atoms with Crippen LogP contribution >= 0.6 is 0 Å². The third-order valence-electron chi connectivity index (χ3n) is 7.18. The molecule has 1 saturated carbocycles. The minimum absolute atomic E-state index is 0.377. The van der Waals surface area contributed by atoms with E-state index in [2.05, 4.69) is 57.7 Å². The molecule has 27 heavy (non-hydrogen) atoms. The fraction of sp³-hybridized carbons (Fsp3) is 0.556. The summed E-state index contributed by atoms with van der Waals surface area (Å²) in [6.07, 6.45) is 18.9. The lowest BCUT2D eigenvalue weighted by atomic mass is 9.65. The molecular weight excluding hydrogens is 324 g/mol. The van der Waals surface area contributed by atoms with Gasteiger partial charge in [0.05, 0.1) is 0 Å². The third kappa shape index (κ3) is 5.03. The Hall–Kier alpha value is -1.56. The molecule has 146 valence electrons. The van der Waals surface area contributed by atoms with Gasteiger partial charge in [-0.1, -0.05) is 72.9 Å². The van der Waals surface area contributed by atoms with Crippen LogP contribution in [0.4, 0.5) is 0 Å². The van der Waals surface area contributed by atoms with E-state index in [1.54, 1.807) is 11.1 Å². The van der Waals surface area contributed by atoms with E-state index in [9.17, 15) is 0 Å². The standard InChI is InChI=1S/C27H38/c1-21-12-14-26(23(3)20-21)16-19-27(17-8-5-9-18-27)24(4)13-15-25-11-7-6-10-22(25)2/h7,11-12,14,20H,4-6,8-10,13,15-19H2,1-3H3. The highest BCUT2D eigenvalue weighted by Gasteiger charge is 2.34. The zero-order chi connectivity index (χ0) is 19.3. The summed E-state index contributed by atoms with van der Waals surface area (Å²) >= 11 is 0. The van der Waals surface area contributed by atoms with Crippen LogP contribution in [-0.4, -0.2) is 0 Å². The SMILES string of the molecule is C=C(CCC1=C(C)CCC=C1)C1(CCc2ccc(C)cc2C)CCCCC1. The van der Waals surface area contributed by atoms with Gasteiger partial charge in [-0.3, -0.25) is 0 Å². The average molecular weight is 363 g/mol. The molecule has 2 aliphatic rings. The van der Waals surface area contributed by atoms with Crippen molar-refractivity contribution in [2.24, 2.45) is 5.41 Å². The summed E-state index contributed by atoms with van der Waals surface area (Å²) in [5.41, 5.74) is 9.44. The monoisotopic (exact) mass is 362 g/mol. The van der Waals surface area contributed by atoms with Crippen molar-refractivity contribution in [3.63, 3.8) is 0 Å². The van der Waals surface area contributed by atoms with Gasteiger partial charge in [-0.2, -0.15) is 0 Å². The quantitative estimate of drug-likeness (QED) is 0.429. The van der Waals surface area contributed by atoms with Crippen LogP contribution < -0.4 is 0 Å². The van der Waals surface area contributed by atoms with Gasteiger partial charge in [0.15, 0.2) is 0 Å². The molecule has 0 spiro atoms. The minimum Gasteiger partial charge on any atom is -0.0993 e. The van der Waals surface area contributed by atoms with Crippen molar-refractivity contribution in [3.05, 3.63) is 70.3 Å². The van der Waals surface area contributed by atoms with Gasteiger partial charge in [0.25, 0.3) is 0 Å². The lowest BCUT2D eigenvalue weighted by Gasteiger charge is -2.40. The molecule has 0 heteroatoms. The summed E-state index contributed by atoms with van der Waals surface area (Å²) in [6, 6.07) is 6.96. The summed E-state index contributed by atoms with van der Waals surface area (Å²) in [5, 5.41) is 0. The normalized spacial score (nSPS) is 19.4. The molecule has 1 aromatic rings. The second kappa shape index (κ2) is 9.09. The lowest BCUT2D eigenvalue weighted by Crippen LogP contribution is -2.27. The Morgan fingerprint density at radius 3 is 2.52 bits per heavy atom. The molecule has 0 bridgehead atoms. The van der Waals surface area contributed by atoms with Gasteiger partial charge < -0.3 is 0 Å². The Kier molecular flexibility index (Phi) is 6.79. The highest BCUT2D eigenvalue weighted by molar-refractivity contribution is 5.32. The zero-order valence-electron chi connectivity index (χ0n) is 17.9. The molecule has 1 fully saturated rings. The third-order valence-corrected chi connectivity index (χ3v) is 7.18. The first-order valence-electron chi connectivity index (χ1n) is 11.1. The van der Waals surface area contributed by atoms with Crippen molar-refractivity contribution < 1.29 is 0 Å². The molecular formula is C27H38. The maximum Gasteiger partial charge on any atom is -0.00875 e.